The van der Waals surface area contributed by atoms with Crippen molar-refractivity contribution in [1.29, 1.82) is 0 Å². The number of oxazole rings is 1. The summed E-state index contributed by atoms with van der Waals surface area (Å²) in [5, 5.41) is 9.43. The summed E-state index contributed by atoms with van der Waals surface area (Å²) in [5.41, 5.74) is 5.52. The summed E-state index contributed by atoms with van der Waals surface area (Å²) in [5.74, 6) is 0.341. The summed E-state index contributed by atoms with van der Waals surface area (Å²) in [6.07, 6.45) is 0.678. The van der Waals surface area contributed by atoms with Gasteiger partial charge in [-0.3, -0.25) is 0 Å². The first-order chi connectivity index (χ1) is 17.0. The monoisotopic (exact) mass is 471 g/mol. The van der Waals surface area contributed by atoms with Crippen molar-refractivity contribution in [1.82, 2.24) is 4.98 Å². The van der Waals surface area contributed by atoms with Crippen molar-refractivity contribution in [3.8, 4) is 22.8 Å². The topological polar surface area (TPSA) is 81.8 Å². The molecule has 0 aliphatic carbocycles. The Morgan fingerprint density at radius 2 is 1.57 bits per heavy atom. The summed E-state index contributed by atoms with van der Waals surface area (Å²) >= 11 is 0. The minimum Gasteiger partial charge on any atom is -0.478 e. The Hall–Kier alpha value is -3.74. The lowest BCUT2D eigenvalue weighted by Crippen LogP contribution is -2.08. The zero-order chi connectivity index (χ0) is 24.6. The number of hydrogen-bond acceptors (Lipinski definition) is 5. The molecule has 0 atom stereocenters. The van der Waals surface area contributed by atoms with Crippen LogP contribution in [0.1, 0.15) is 39.2 Å². The van der Waals surface area contributed by atoms with Gasteiger partial charge in [0, 0.05) is 24.3 Å². The minimum atomic E-state index is -0.933. The van der Waals surface area contributed by atoms with Gasteiger partial charge in [-0.05, 0) is 43.5 Å². The number of carbonyl (C=O) groups is 1. The summed E-state index contributed by atoms with van der Waals surface area (Å²) < 4.78 is 17.7. The molecule has 0 unspecified atom stereocenters. The van der Waals surface area contributed by atoms with E-state index in [1.807, 2.05) is 67.6 Å². The number of ether oxygens (including phenoxy) is 2. The van der Waals surface area contributed by atoms with E-state index in [2.05, 4.69) is 0 Å². The highest BCUT2D eigenvalue weighted by atomic mass is 16.5. The molecule has 0 aliphatic heterocycles. The molecule has 1 heterocycles. The van der Waals surface area contributed by atoms with Gasteiger partial charge in [0.2, 0.25) is 5.89 Å². The van der Waals surface area contributed by atoms with Gasteiger partial charge in [0.05, 0.1) is 18.8 Å². The molecule has 0 spiro atoms. The molecular weight excluding hydrogens is 442 g/mol. The Morgan fingerprint density at radius 3 is 2.29 bits per heavy atom. The Labute approximate surface area is 205 Å². The fraction of sp³-hybridized carbons (Fsp3) is 0.241. The number of nitrogens with zero attached hydrogens (tertiary/aromatic N) is 1. The number of rotatable bonds is 11. The van der Waals surface area contributed by atoms with Gasteiger partial charge in [-0.15, -0.1) is 0 Å². The first-order valence-corrected chi connectivity index (χ1v) is 11.6. The second kappa shape index (κ2) is 11.6. The van der Waals surface area contributed by atoms with Crippen LogP contribution in [0.3, 0.4) is 0 Å². The Balaban J connectivity index is 1.33. The first-order valence-electron chi connectivity index (χ1n) is 11.6. The predicted octanol–water partition coefficient (Wildman–Crippen LogP) is 6.45. The van der Waals surface area contributed by atoms with Gasteiger partial charge >= 0.3 is 5.97 Å². The van der Waals surface area contributed by atoms with Crippen molar-refractivity contribution >= 4 is 5.97 Å². The van der Waals surface area contributed by atoms with E-state index in [0.29, 0.717) is 49.0 Å². The second-order valence-electron chi connectivity index (χ2n) is 8.40. The van der Waals surface area contributed by atoms with Crippen molar-refractivity contribution < 1.29 is 23.8 Å². The van der Waals surface area contributed by atoms with Crippen LogP contribution in [-0.2, 0) is 22.7 Å². The van der Waals surface area contributed by atoms with Crippen LogP contribution in [-0.4, -0.2) is 29.3 Å². The van der Waals surface area contributed by atoms with E-state index in [1.165, 1.54) is 5.56 Å². The summed E-state index contributed by atoms with van der Waals surface area (Å²) in [6.45, 7) is 5.36. The van der Waals surface area contributed by atoms with Crippen LogP contribution in [0.4, 0.5) is 0 Å². The van der Waals surface area contributed by atoms with Gasteiger partial charge in [0.1, 0.15) is 5.69 Å². The maximum absolute atomic E-state index is 11.5. The van der Waals surface area contributed by atoms with Gasteiger partial charge in [-0.25, -0.2) is 9.78 Å². The normalized spacial score (nSPS) is 11.0. The molecule has 0 aliphatic rings. The average molecular weight is 472 g/mol. The van der Waals surface area contributed by atoms with Crippen molar-refractivity contribution in [3.05, 3.63) is 101 Å². The van der Waals surface area contributed by atoms with E-state index >= 15 is 0 Å². The van der Waals surface area contributed by atoms with E-state index in [-0.39, 0.29) is 6.61 Å². The van der Waals surface area contributed by atoms with E-state index in [4.69, 9.17) is 18.9 Å². The molecule has 180 valence electrons. The molecule has 6 heteroatoms. The molecule has 0 amide bonds. The van der Waals surface area contributed by atoms with E-state index in [0.717, 1.165) is 22.4 Å². The van der Waals surface area contributed by atoms with Crippen LogP contribution in [0.2, 0.25) is 0 Å². The first kappa shape index (κ1) is 24.4. The van der Waals surface area contributed by atoms with Crippen LogP contribution < -0.4 is 0 Å². The lowest BCUT2D eigenvalue weighted by Gasteiger charge is -2.10. The zero-order valence-electron chi connectivity index (χ0n) is 20.0. The van der Waals surface area contributed by atoms with E-state index < -0.39 is 5.97 Å². The molecule has 0 radical (unpaired) electrons. The highest BCUT2D eigenvalue weighted by Crippen LogP contribution is 2.30. The molecule has 1 aromatic heterocycles. The van der Waals surface area contributed by atoms with Crippen LogP contribution in [0.5, 0.6) is 0 Å². The molecule has 0 saturated carbocycles. The molecule has 35 heavy (non-hydrogen) atoms. The standard InChI is InChI=1S/C29H29NO5/c1-20-12-14-23(15-13-20)28-30-25(27(35-28)22-9-4-3-5-10-22)19-34-17-7-16-33-18-24-11-6-8-21(2)26(24)29(31)32/h3-6,8-15H,7,16-19H2,1-2H3,(H,31,32). The fourth-order valence-electron chi connectivity index (χ4n) is 3.85. The number of aryl methyl sites for hydroxylation is 2. The van der Waals surface area contributed by atoms with Crippen LogP contribution >= 0.6 is 0 Å². The van der Waals surface area contributed by atoms with Crippen LogP contribution in [0, 0.1) is 13.8 Å². The largest absolute Gasteiger partial charge is 0.478 e. The minimum absolute atomic E-state index is 0.255. The molecule has 0 bridgehead atoms. The maximum Gasteiger partial charge on any atom is 0.336 e. The van der Waals surface area contributed by atoms with E-state index in [9.17, 15) is 9.90 Å². The van der Waals surface area contributed by atoms with Gasteiger partial charge in [0.15, 0.2) is 5.76 Å². The highest BCUT2D eigenvalue weighted by molar-refractivity contribution is 5.91. The molecule has 0 fully saturated rings. The lowest BCUT2D eigenvalue weighted by atomic mass is 10.0. The Bertz CT molecular complexity index is 1260. The molecule has 4 aromatic rings. The zero-order valence-corrected chi connectivity index (χ0v) is 20.0. The molecule has 6 nitrogen and oxygen atoms in total. The molecule has 0 saturated heterocycles. The number of benzene rings is 3. The maximum atomic E-state index is 11.5. The van der Waals surface area contributed by atoms with Crippen molar-refractivity contribution in [2.45, 2.75) is 33.5 Å². The lowest BCUT2D eigenvalue weighted by molar-refractivity contribution is 0.0641. The van der Waals surface area contributed by atoms with Crippen LogP contribution in [0.25, 0.3) is 22.8 Å². The summed E-state index contributed by atoms with van der Waals surface area (Å²) in [4.78, 5) is 16.2. The van der Waals surface area contributed by atoms with Gasteiger partial charge in [-0.2, -0.15) is 0 Å². The third-order valence-electron chi connectivity index (χ3n) is 5.68. The van der Waals surface area contributed by atoms with Crippen molar-refractivity contribution in [2.75, 3.05) is 13.2 Å². The van der Waals surface area contributed by atoms with Gasteiger partial charge in [0.25, 0.3) is 0 Å². The number of carboxylic acids is 1. The predicted molar refractivity (Wildman–Crippen MR) is 134 cm³/mol. The van der Waals surface area contributed by atoms with Crippen molar-refractivity contribution in [2.24, 2.45) is 0 Å². The van der Waals surface area contributed by atoms with Gasteiger partial charge in [-0.1, -0.05) is 66.2 Å². The fourth-order valence-corrected chi connectivity index (χ4v) is 3.85. The Kier molecular flexibility index (Phi) is 8.08. The van der Waals surface area contributed by atoms with Crippen LogP contribution in [0.15, 0.2) is 77.2 Å². The third kappa shape index (κ3) is 6.23. The smallest absolute Gasteiger partial charge is 0.336 e. The number of aromatic nitrogens is 1. The quantitative estimate of drug-likeness (QED) is 0.253. The number of hydrogen-bond donors (Lipinski definition) is 1. The number of aromatic carboxylic acids is 1. The molecular formula is C29H29NO5. The highest BCUT2D eigenvalue weighted by Gasteiger charge is 2.17. The second-order valence-corrected chi connectivity index (χ2v) is 8.40. The molecule has 1 N–H and O–H groups in total. The molecule has 3 aromatic carbocycles. The SMILES string of the molecule is Cc1ccc(-c2nc(COCCCOCc3cccc(C)c3C(=O)O)c(-c3ccccc3)o2)cc1. The Morgan fingerprint density at radius 1 is 0.857 bits per heavy atom. The third-order valence-corrected chi connectivity index (χ3v) is 5.68. The molecule has 4 rings (SSSR count). The van der Waals surface area contributed by atoms with Gasteiger partial charge < -0.3 is 19.0 Å². The number of carboxylic acid groups (broad SMARTS) is 1. The van der Waals surface area contributed by atoms with Crippen molar-refractivity contribution in [3.63, 3.8) is 0 Å². The summed E-state index contributed by atoms with van der Waals surface area (Å²) in [7, 11) is 0. The van der Waals surface area contributed by atoms with E-state index in [1.54, 1.807) is 19.1 Å². The average Bonchev–Trinajstić information content (AvgIpc) is 3.28. The summed E-state index contributed by atoms with van der Waals surface area (Å²) in [6, 6.07) is 23.4.